The molecule has 0 aliphatic heterocycles. The van der Waals surface area contributed by atoms with Crippen molar-refractivity contribution >= 4 is 5.97 Å². The average molecular weight is 363 g/mol. The first kappa shape index (κ1) is 18.8. The van der Waals surface area contributed by atoms with Gasteiger partial charge in [0, 0.05) is 13.1 Å². The van der Waals surface area contributed by atoms with Crippen LogP contribution in [0.5, 0.6) is 0 Å². The van der Waals surface area contributed by atoms with Gasteiger partial charge in [0.2, 0.25) is 0 Å². The molecule has 0 aromatic heterocycles. The summed E-state index contributed by atoms with van der Waals surface area (Å²) in [4.78, 5) is 14.0. The third kappa shape index (κ3) is 5.50. The third-order valence-corrected chi connectivity index (χ3v) is 4.50. The standard InChI is InChI=1S/C23H22FNO2/c24-21-13-7-12-20(14-21)15-22(23(26)27)25(16-18-8-3-1-4-9-18)17-19-10-5-2-6-11-19/h1-14,22H,15-17H2,(H,26,27). The second-order valence-corrected chi connectivity index (χ2v) is 6.56. The number of hydrogen-bond acceptors (Lipinski definition) is 2. The maximum absolute atomic E-state index is 13.6. The average Bonchev–Trinajstić information content (AvgIpc) is 2.67. The Balaban J connectivity index is 1.88. The van der Waals surface area contributed by atoms with Crippen LogP contribution in [-0.2, 0) is 24.3 Å². The summed E-state index contributed by atoms with van der Waals surface area (Å²) in [6.45, 7) is 1.00. The lowest BCUT2D eigenvalue weighted by Gasteiger charge is -2.29. The van der Waals surface area contributed by atoms with Crippen LogP contribution in [0.1, 0.15) is 16.7 Å². The number of benzene rings is 3. The highest BCUT2D eigenvalue weighted by atomic mass is 19.1. The van der Waals surface area contributed by atoms with Crippen LogP contribution >= 0.6 is 0 Å². The van der Waals surface area contributed by atoms with Crippen LogP contribution in [0, 0.1) is 5.82 Å². The van der Waals surface area contributed by atoms with Crippen molar-refractivity contribution in [1.82, 2.24) is 4.90 Å². The van der Waals surface area contributed by atoms with E-state index in [2.05, 4.69) is 0 Å². The molecule has 1 unspecified atom stereocenters. The maximum Gasteiger partial charge on any atom is 0.321 e. The lowest BCUT2D eigenvalue weighted by atomic mass is 10.0. The van der Waals surface area contributed by atoms with Crippen LogP contribution in [-0.4, -0.2) is 22.0 Å². The number of rotatable bonds is 8. The summed E-state index contributed by atoms with van der Waals surface area (Å²) in [5.41, 5.74) is 2.76. The van der Waals surface area contributed by atoms with Gasteiger partial charge in [0.05, 0.1) is 0 Å². The second-order valence-electron chi connectivity index (χ2n) is 6.56. The van der Waals surface area contributed by atoms with Crippen LogP contribution in [0.4, 0.5) is 4.39 Å². The van der Waals surface area contributed by atoms with Gasteiger partial charge in [-0.2, -0.15) is 0 Å². The van der Waals surface area contributed by atoms with E-state index in [1.807, 2.05) is 65.6 Å². The maximum atomic E-state index is 13.6. The summed E-state index contributed by atoms with van der Waals surface area (Å²) in [5.74, 6) is -1.26. The highest BCUT2D eigenvalue weighted by Gasteiger charge is 2.26. The van der Waals surface area contributed by atoms with Crippen LogP contribution in [0.15, 0.2) is 84.9 Å². The summed E-state index contributed by atoms with van der Waals surface area (Å²) in [6.07, 6.45) is 0.243. The van der Waals surface area contributed by atoms with E-state index in [0.717, 1.165) is 11.1 Å². The molecule has 0 aliphatic rings. The zero-order valence-corrected chi connectivity index (χ0v) is 15.0. The Labute approximate surface area is 158 Å². The minimum atomic E-state index is -0.911. The summed E-state index contributed by atoms with van der Waals surface area (Å²) >= 11 is 0. The normalized spacial score (nSPS) is 12.1. The van der Waals surface area contributed by atoms with Crippen molar-refractivity contribution in [2.75, 3.05) is 0 Å². The Morgan fingerprint density at radius 3 is 1.81 bits per heavy atom. The minimum Gasteiger partial charge on any atom is -0.480 e. The van der Waals surface area contributed by atoms with E-state index in [4.69, 9.17) is 0 Å². The van der Waals surface area contributed by atoms with Crippen molar-refractivity contribution in [2.24, 2.45) is 0 Å². The molecule has 0 saturated heterocycles. The Morgan fingerprint density at radius 2 is 1.33 bits per heavy atom. The predicted octanol–water partition coefficient (Wildman–Crippen LogP) is 4.52. The first-order chi connectivity index (χ1) is 13.1. The molecule has 0 spiro atoms. The predicted molar refractivity (Wildman–Crippen MR) is 104 cm³/mol. The van der Waals surface area contributed by atoms with Crippen molar-refractivity contribution in [3.05, 3.63) is 107 Å². The molecule has 3 nitrogen and oxygen atoms in total. The van der Waals surface area contributed by atoms with Crippen LogP contribution in [0.3, 0.4) is 0 Å². The summed E-state index contributed by atoms with van der Waals surface area (Å²) in [6, 6.07) is 25.0. The molecule has 0 bridgehead atoms. The zero-order valence-electron chi connectivity index (χ0n) is 15.0. The van der Waals surface area contributed by atoms with E-state index in [0.29, 0.717) is 18.7 Å². The number of halogens is 1. The van der Waals surface area contributed by atoms with Gasteiger partial charge < -0.3 is 5.11 Å². The largest absolute Gasteiger partial charge is 0.480 e. The zero-order chi connectivity index (χ0) is 19.1. The Kier molecular flexibility index (Phi) is 6.34. The summed E-state index contributed by atoms with van der Waals surface area (Å²) < 4.78 is 13.6. The van der Waals surface area contributed by atoms with Crippen LogP contribution < -0.4 is 0 Å². The van der Waals surface area contributed by atoms with E-state index >= 15 is 0 Å². The number of carboxylic acids is 1. The fourth-order valence-electron chi connectivity index (χ4n) is 3.17. The number of aliphatic carboxylic acids is 1. The molecule has 0 fully saturated rings. The van der Waals surface area contributed by atoms with Gasteiger partial charge in [-0.1, -0.05) is 72.8 Å². The molecule has 1 atom stereocenters. The van der Waals surface area contributed by atoms with Gasteiger partial charge in [0.15, 0.2) is 0 Å². The number of nitrogens with zero attached hydrogens (tertiary/aromatic N) is 1. The van der Waals surface area contributed by atoms with Gasteiger partial charge in [-0.3, -0.25) is 9.69 Å². The molecule has 4 heteroatoms. The molecule has 3 aromatic carbocycles. The van der Waals surface area contributed by atoms with Gasteiger partial charge in [0.25, 0.3) is 0 Å². The van der Waals surface area contributed by atoms with E-state index < -0.39 is 12.0 Å². The molecule has 27 heavy (non-hydrogen) atoms. The molecular weight excluding hydrogens is 341 g/mol. The first-order valence-corrected chi connectivity index (χ1v) is 8.91. The molecule has 0 amide bonds. The summed E-state index contributed by atoms with van der Waals surface area (Å²) in [7, 11) is 0. The van der Waals surface area contributed by atoms with Crippen molar-refractivity contribution in [1.29, 1.82) is 0 Å². The third-order valence-electron chi connectivity index (χ3n) is 4.50. The van der Waals surface area contributed by atoms with Gasteiger partial charge in [-0.15, -0.1) is 0 Å². The molecule has 3 rings (SSSR count). The van der Waals surface area contributed by atoms with Crippen molar-refractivity contribution in [3.8, 4) is 0 Å². The molecule has 0 heterocycles. The highest BCUT2D eigenvalue weighted by Crippen LogP contribution is 2.18. The monoisotopic (exact) mass is 363 g/mol. The molecule has 0 saturated carbocycles. The lowest BCUT2D eigenvalue weighted by molar-refractivity contribution is -0.143. The van der Waals surface area contributed by atoms with E-state index in [-0.39, 0.29) is 12.2 Å². The first-order valence-electron chi connectivity index (χ1n) is 8.91. The number of carbonyl (C=O) groups is 1. The quantitative estimate of drug-likeness (QED) is 0.639. The lowest BCUT2D eigenvalue weighted by Crippen LogP contribution is -2.42. The molecule has 0 aliphatic carbocycles. The Morgan fingerprint density at radius 1 is 0.815 bits per heavy atom. The molecular formula is C23H22FNO2. The van der Waals surface area contributed by atoms with Crippen LogP contribution in [0.25, 0.3) is 0 Å². The molecule has 1 N–H and O–H groups in total. The minimum absolute atomic E-state index is 0.243. The van der Waals surface area contributed by atoms with Gasteiger partial charge in [-0.25, -0.2) is 4.39 Å². The van der Waals surface area contributed by atoms with Crippen molar-refractivity contribution in [2.45, 2.75) is 25.6 Å². The van der Waals surface area contributed by atoms with Crippen LogP contribution in [0.2, 0.25) is 0 Å². The summed E-state index contributed by atoms with van der Waals surface area (Å²) in [5, 5.41) is 9.89. The van der Waals surface area contributed by atoms with Gasteiger partial charge in [-0.05, 0) is 35.2 Å². The topological polar surface area (TPSA) is 40.5 Å². The fourth-order valence-corrected chi connectivity index (χ4v) is 3.17. The Hall–Kier alpha value is -2.98. The molecule has 3 aromatic rings. The SMILES string of the molecule is O=C(O)C(Cc1cccc(F)c1)N(Cc1ccccc1)Cc1ccccc1. The second kappa shape index (κ2) is 9.10. The smallest absolute Gasteiger partial charge is 0.321 e. The van der Waals surface area contributed by atoms with E-state index in [1.165, 1.54) is 12.1 Å². The van der Waals surface area contributed by atoms with Gasteiger partial charge in [0.1, 0.15) is 11.9 Å². The Bertz CT molecular complexity index is 826. The number of carboxylic acid groups (broad SMARTS) is 1. The molecule has 138 valence electrons. The van der Waals surface area contributed by atoms with Crippen molar-refractivity contribution < 1.29 is 14.3 Å². The molecule has 0 radical (unpaired) electrons. The van der Waals surface area contributed by atoms with E-state index in [9.17, 15) is 14.3 Å². The highest BCUT2D eigenvalue weighted by molar-refractivity contribution is 5.74. The van der Waals surface area contributed by atoms with E-state index in [1.54, 1.807) is 12.1 Å². The van der Waals surface area contributed by atoms with Crippen molar-refractivity contribution in [3.63, 3.8) is 0 Å². The number of hydrogen-bond donors (Lipinski definition) is 1. The van der Waals surface area contributed by atoms with Gasteiger partial charge >= 0.3 is 5.97 Å². The fraction of sp³-hybridized carbons (Fsp3) is 0.174.